The molecule has 1 heterocycles. The highest BCUT2D eigenvalue weighted by molar-refractivity contribution is 7.85. The average molecular weight is 270 g/mol. The van der Waals surface area contributed by atoms with E-state index in [-0.39, 0.29) is 5.44 Å². The zero-order valence-corrected chi connectivity index (χ0v) is 11.2. The summed E-state index contributed by atoms with van der Waals surface area (Å²) in [4.78, 5) is 0.843. The first-order valence-electron chi connectivity index (χ1n) is 6.13. The number of benzene rings is 2. The van der Waals surface area contributed by atoms with Gasteiger partial charge in [-0.1, -0.05) is 36.4 Å². The fourth-order valence-electron chi connectivity index (χ4n) is 2.20. The Morgan fingerprint density at radius 3 is 2.74 bits per heavy atom. The highest BCUT2D eigenvalue weighted by atomic mass is 32.2. The maximum absolute atomic E-state index is 12.5. The van der Waals surface area contributed by atoms with Gasteiger partial charge in [-0.25, -0.2) is 0 Å². The van der Waals surface area contributed by atoms with E-state index >= 15 is 0 Å². The first kappa shape index (κ1) is 12.3. The van der Waals surface area contributed by atoms with Gasteiger partial charge in [0.05, 0.1) is 17.4 Å². The van der Waals surface area contributed by atoms with Gasteiger partial charge in [-0.3, -0.25) is 4.21 Å². The lowest BCUT2D eigenvalue weighted by Crippen LogP contribution is -2.20. The number of hydrogen-bond acceptors (Lipinski definition) is 2. The smallest absolute Gasteiger partial charge is 0.155 e. The first-order valence-corrected chi connectivity index (χ1v) is 7.35. The van der Waals surface area contributed by atoms with E-state index in [0.29, 0.717) is 6.61 Å². The van der Waals surface area contributed by atoms with Crippen LogP contribution in [0.15, 0.2) is 60.0 Å². The molecule has 2 unspecified atom stereocenters. The molecule has 1 aliphatic heterocycles. The molecular formula is C16H14O2S. The summed E-state index contributed by atoms with van der Waals surface area (Å²) >= 11 is 0. The van der Waals surface area contributed by atoms with E-state index < -0.39 is 10.8 Å². The van der Waals surface area contributed by atoms with Gasteiger partial charge in [0.25, 0.3) is 0 Å². The van der Waals surface area contributed by atoms with Crippen molar-refractivity contribution in [1.82, 2.24) is 0 Å². The van der Waals surface area contributed by atoms with Crippen molar-refractivity contribution < 1.29 is 8.95 Å². The van der Waals surface area contributed by atoms with Crippen molar-refractivity contribution in [2.75, 3.05) is 6.61 Å². The molecular weight excluding hydrogens is 256 g/mol. The van der Waals surface area contributed by atoms with Gasteiger partial charge < -0.3 is 4.74 Å². The van der Waals surface area contributed by atoms with Gasteiger partial charge in [-0.05, 0) is 34.5 Å². The Balaban J connectivity index is 2.05. The third-order valence-electron chi connectivity index (χ3n) is 3.12. The minimum atomic E-state index is -1.17. The van der Waals surface area contributed by atoms with Gasteiger partial charge in [0.2, 0.25) is 0 Å². The van der Waals surface area contributed by atoms with Crippen LogP contribution in [0.1, 0.15) is 5.56 Å². The minimum absolute atomic E-state index is 0.383. The van der Waals surface area contributed by atoms with Gasteiger partial charge in [-0.2, -0.15) is 0 Å². The molecule has 3 rings (SSSR count). The van der Waals surface area contributed by atoms with Gasteiger partial charge in [0, 0.05) is 4.90 Å². The zero-order chi connectivity index (χ0) is 13.2. The number of ether oxygens (including phenoxy) is 1. The molecule has 0 aromatic heterocycles. The molecule has 1 aliphatic rings. The second kappa shape index (κ2) is 5.11. The molecule has 2 aromatic rings. The summed E-state index contributed by atoms with van der Waals surface area (Å²) in [7, 11) is -1.17. The lowest BCUT2D eigenvalue weighted by atomic mass is 10.1. The second-order valence-corrected chi connectivity index (χ2v) is 5.88. The van der Waals surface area contributed by atoms with Crippen LogP contribution in [-0.4, -0.2) is 16.3 Å². The maximum atomic E-state index is 12.5. The lowest BCUT2D eigenvalue weighted by molar-refractivity contribution is 0.166. The van der Waals surface area contributed by atoms with Gasteiger partial charge in [0.1, 0.15) is 0 Å². The van der Waals surface area contributed by atoms with Crippen LogP contribution in [0.4, 0.5) is 0 Å². The molecule has 0 saturated carbocycles. The van der Waals surface area contributed by atoms with Crippen molar-refractivity contribution in [3.8, 4) is 0 Å². The zero-order valence-electron chi connectivity index (χ0n) is 10.4. The second-order valence-electron chi connectivity index (χ2n) is 4.38. The van der Waals surface area contributed by atoms with Crippen molar-refractivity contribution in [1.29, 1.82) is 0 Å². The molecule has 0 N–H and O–H groups in total. The Hall–Kier alpha value is -1.71. The number of fused-ring (bicyclic) bond motifs is 2. The van der Waals surface area contributed by atoms with Crippen LogP contribution in [-0.2, 0) is 15.5 Å². The molecule has 3 heteroatoms. The Labute approximate surface area is 114 Å². The molecule has 2 aromatic carbocycles. The van der Waals surface area contributed by atoms with Crippen LogP contribution in [0.25, 0.3) is 16.8 Å². The third kappa shape index (κ3) is 2.27. The molecule has 96 valence electrons. The summed E-state index contributed by atoms with van der Waals surface area (Å²) in [6, 6.07) is 12.2. The molecule has 0 amide bonds. The fraction of sp³-hybridized carbons (Fsp3) is 0.125. The summed E-state index contributed by atoms with van der Waals surface area (Å²) in [6.45, 7) is 4.01. The molecule has 19 heavy (non-hydrogen) atoms. The molecule has 0 bridgehead atoms. The predicted molar refractivity (Wildman–Crippen MR) is 79.3 cm³/mol. The minimum Gasteiger partial charge on any atom is -0.356 e. The summed E-state index contributed by atoms with van der Waals surface area (Å²) < 4.78 is 18.0. The molecule has 0 fully saturated rings. The molecule has 0 aliphatic carbocycles. The van der Waals surface area contributed by atoms with E-state index in [1.54, 1.807) is 6.08 Å². The van der Waals surface area contributed by atoms with Gasteiger partial charge >= 0.3 is 0 Å². The molecule has 0 radical (unpaired) electrons. The predicted octanol–water partition coefficient (Wildman–Crippen LogP) is 3.50. The van der Waals surface area contributed by atoms with Gasteiger partial charge in [0.15, 0.2) is 5.44 Å². The average Bonchev–Trinajstić information content (AvgIpc) is 2.45. The number of hydrogen-bond donors (Lipinski definition) is 0. The van der Waals surface area contributed by atoms with Crippen LogP contribution in [0.5, 0.6) is 0 Å². The van der Waals surface area contributed by atoms with Crippen molar-refractivity contribution in [3.63, 3.8) is 0 Å². The normalized spacial score (nSPS) is 21.3. The maximum Gasteiger partial charge on any atom is 0.155 e. The quantitative estimate of drug-likeness (QED) is 0.798. The summed E-state index contributed by atoms with van der Waals surface area (Å²) in [5.41, 5.74) is 0.627. The van der Waals surface area contributed by atoms with E-state index in [4.69, 9.17) is 4.74 Å². The SMILES string of the molecule is C=CCOC1C=Cc2cc3ccccc3cc2S1=O. The van der Waals surface area contributed by atoms with Crippen LogP contribution in [0.2, 0.25) is 0 Å². The van der Waals surface area contributed by atoms with Crippen molar-refractivity contribution in [2.24, 2.45) is 0 Å². The van der Waals surface area contributed by atoms with Gasteiger partial charge in [-0.15, -0.1) is 6.58 Å². The van der Waals surface area contributed by atoms with Crippen LogP contribution < -0.4 is 0 Å². The molecule has 0 saturated heterocycles. The lowest BCUT2D eigenvalue weighted by Gasteiger charge is -2.19. The van der Waals surface area contributed by atoms with E-state index in [0.717, 1.165) is 21.2 Å². The van der Waals surface area contributed by atoms with Crippen molar-refractivity contribution in [3.05, 3.63) is 60.7 Å². The van der Waals surface area contributed by atoms with Crippen LogP contribution in [0, 0.1) is 0 Å². The topological polar surface area (TPSA) is 26.3 Å². The standard InChI is InChI=1S/C16H14O2S/c1-2-9-18-16-8-7-14-10-12-5-3-4-6-13(12)11-15(14)19(16)17/h2-8,10-11,16H,1,9H2. The Bertz CT molecular complexity index is 688. The highest BCUT2D eigenvalue weighted by Crippen LogP contribution is 2.29. The third-order valence-corrected chi connectivity index (χ3v) is 4.62. The fourth-order valence-corrected chi connectivity index (χ4v) is 3.48. The summed E-state index contributed by atoms with van der Waals surface area (Å²) in [6.07, 6.45) is 5.51. The van der Waals surface area contributed by atoms with E-state index in [9.17, 15) is 4.21 Å². The van der Waals surface area contributed by atoms with E-state index in [1.807, 2.05) is 36.4 Å². The Morgan fingerprint density at radius 2 is 2.00 bits per heavy atom. The summed E-state index contributed by atoms with van der Waals surface area (Å²) in [5.74, 6) is 0. The largest absolute Gasteiger partial charge is 0.356 e. The highest BCUT2D eigenvalue weighted by Gasteiger charge is 2.22. The Kier molecular flexibility index (Phi) is 3.32. The molecule has 2 atom stereocenters. The van der Waals surface area contributed by atoms with Crippen LogP contribution in [0.3, 0.4) is 0 Å². The summed E-state index contributed by atoms with van der Waals surface area (Å²) in [5, 5.41) is 2.26. The monoisotopic (exact) mass is 270 g/mol. The first-order chi connectivity index (χ1) is 9.29. The molecule has 2 nitrogen and oxygen atoms in total. The van der Waals surface area contributed by atoms with E-state index in [1.165, 1.54) is 0 Å². The van der Waals surface area contributed by atoms with Crippen molar-refractivity contribution >= 4 is 27.6 Å². The van der Waals surface area contributed by atoms with Crippen molar-refractivity contribution in [2.45, 2.75) is 10.3 Å². The Morgan fingerprint density at radius 1 is 1.26 bits per heavy atom. The number of rotatable bonds is 3. The van der Waals surface area contributed by atoms with E-state index in [2.05, 4.69) is 18.7 Å². The van der Waals surface area contributed by atoms with Crippen LogP contribution >= 0.6 is 0 Å². The molecule has 0 spiro atoms.